The van der Waals surface area contributed by atoms with Crippen LogP contribution in [0.2, 0.25) is 5.02 Å². The molecule has 0 unspecified atom stereocenters. The van der Waals surface area contributed by atoms with Gasteiger partial charge in [0.25, 0.3) is 0 Å². The molecule has 1 N–H and O–H groups in total. The van der Waals surface area contributed by atoms with Crippen LogP contribution in [0.4, 0.5) is 5.69 Å². The second-order valence-corrected chi connectivity index (χ2v) is 5.51. The van der Waals surface area contributed by atoms with E-state index in [2.05, 4.69) is 12.2 Å². The largest absolute Gasteiger partial charge is 0.493 e. The van der Waals surface area contributed by atoms with E-state index >= 15 is 0 Å². The van der Waals surface area contributed by atoms with Crippen LogP contribution >= 0.6 is 11.6 Å². The summed E-state index contributed by atoms with van der Waals surface area (Å²) in [7, 11) is 0. The predicted octanol–water partition coefficient (Wildman–Crippen LogP) is 5.17. The number of carbonyl (C=O) groups is 1. The van der Waals surface area contributed by atoms with E-state index in [1.165, 1.54) is 6.08 Å². The molecule has 0 radical (unpaired) electrons. The van der Waals surface area contributed by atoms with Crippen molar-refractivity contribution in [2.75, 3.05) is 11.9 Å². The van der Waals surface area contributed by atoms with Crippen molar-refractivity contribution in [1.82, 2.24) is 0 Å². The minimum absolute atomic E-state index is 0.198. The Morgan fingerprint density at radius 2 is 1.91 bits per heavy atom. The first-order chi connectivity index (χ1) is 11.2. The van der Waals surface area contributed by atoms with Crippen LogP contribution in [0.25, 0.3) is 6.08 Å². The quantitative estimate of drug-likeness (QED) is 0.562. The number of para-hydroxylation sites is 1. The monoisotopic (exact) mass is 329 g/mol. The number of carbonyl (C=O) groups excluding carboxylic acids is 1. The van der Waals surface area contributed by atoms with E-state index in [9.17, 15) is 4.79 Å². The smallest absolute Gasteiger partial charge is 0.248 e. The minimum Gasteiger partial charge on any atom is -0.493 e. The van der Waals surface area contributed by atoms with Gasteiger partial charge in [-0.25, -0.2) is 0 Å². The summed E-state index contributed by atoms with van der Waals surface area (Å²) in [5, 5.41) is 3.42. The molecule has 0 fully saturated rings. The highest BCUT2D eigenvalue weighted by Crippen LogP contribution is 2.20. The summed E-state index contributed by atoms with van der Waals surface area (Å²) in [6, 6.07) is 14.7. The number of unbranched alkanes of at least 4 members (excludes halogenated alkanes) is 1. The fourth-order valence-corrected chi connectivity index (χ4v) is 2.08. The molecule has 0 aliphatic rings. The number of nitrogens with one attached hydrogen (secondary N) is 1. The fraction of sp³-hybridized carbons (Fsp3) is 0.211. The molecule has 0 heterocycles. The normalized spacial score (nSPS) is 10.7. The summed E-state index contributed by atoms with van der Waals surface area (Å²) in [6.45, 7) is 2.80. The van der Waals surface area contributed by atoms with Crippen LogP contribution in [0.5, 0.6) is 5.75 Å². The van der Waals surface area contributed by atoms with Gasteiger partial charge in [0.2, 0.25) is 5.91 Å². The first-order valence-electron chi connectivity index (χ1n) is 7.65. The maximum atomic E-state index is 12.0. The van der Waals surface area contributed by atoms with Crippen LogP contribution in [0.1, 0.15) is 25.3 Å². The molecule has 0 aliphatic heterocycles. The second kappa shape index (κ2) is 9.01. The highest BCUT2D eigenvalue weighted by Gasteiger charge is 2.01. The van der Waals surface area contributed by atoms with E-state index in [1.54, 1.807) is 30.3 Å². The molecule has 0 saturated carbocycles. The topological polar surface area (TPSA) is 38.3 Å². The van der Waals surface area contributed by atoms with Crippen LogP contribution in [0.15, 0.2) is 54.6 Å². The molecule has 0 aromatic heterocycles. The van der Waals surface area contributed by atoms with Crippen LogP contribution in [0, 0.1) is 0 Å². The third-order valence-corrected chi connectivity index (χ3v) is 3.45. The summed E-state index contributed by atoms with van der Waals surface area (Å²) in [4.78, 5) is 12.0. The Labute approximate surface area is 141 Å². The molecule has 0 saturated heterocycles. The lowest BCUT2D eigenvalue weighted by atomic mass is 10.2. The van der Waals surface area contributed by atoms with Crippen molar-refractivity contribution < 1.29 is 9.53 Å². The molecule has 2 aromatic carbocycles. The lowest BCUT2D eigenvalue weighted by molar-refractivity contribution is -0.111. The Bertz CT molecular complexity index is 665. The van der Waals surface area contributed by atoms with Gasteiger partial charge >= 0.3 is 0 Å². The lowest BCUT2D eigenvalue weighted by Gasteiger charge is -2.08. The number of benzene rings is 2. The Morgan fingerprint density at radius 3 is 2.65 bits per heavy atom. The van der Waals surface area contributed by atoms with E-state index in [1.807, 2.05) is 24.3 Å². The van der Waals surface area contributed by atoms with E-state index in [-0.39, 0.29) is 5.91 Å². The van der Waals surface area contributed by atoms with Gasteiger partial charge in [-0.3, -0.25) is 4.79 Å². The van der Waals surface area contributed by atoms with Gasteiger partial charge in [0, 0.05) is 22.3 Å². The van der Waals surface area contributed by atoms with Gasteiger partial charge < -0.3 is 10.1 Å². The van der Waals surface area contributed by atoms with E-state index < -0.39 is 0 Å². The van der Waals surface area contributed by atoms with Gasteiger partial charge in [-0.2, -0.15) is 0 Å². The predicted molar refractivity (Wildman–Crippen MR) is 96.0 cm³/mol. The Morgan fingerprint density at radius 1 is 1.17 bits per heavy atom. The Hall–Kier alpha value is -2.26. The third kappa shape index (κ3) is 5.80. The number of anilines is 1. The molecule has 120 valence electrons. The standard InChI is InChI=1S/C19H20ClNO2/c1-2-3-14-23-18-7-5-4-6-15(18)8-13-19(22)21-17-11-9-16(20)10-12-17/h4-13H,2-3,14H2,1H3,(H,21,22). The first-order valence-corrected chi connectivity index (χ1v) is 8.03. The van der Waals surface area contributed by atoms with E-state index in [0.29, 0.717) is 17.3 Å². The molecule has 1 amide bonds. The van der Waals surface area contributed by atoms with Crippen LogP contribution in [-0.4, -0.2) is 12.5 Å². The zero-order chi connectivity index (χ0) is 16.5. The average molecular weight is 330 g/mol. The Balaban J connectivity index is 1.98. The molecule has 2 rings (SSSR count). The van der Waals surface area contributed by atoms with Crippen molar-refractivity contribution >= 4 is 29.3 Å². The molecule has 4 heteroatoms. The molecule has 0 spiro atoms. The zero-order valence-electron chi connectivity index (χ0n) is 13.1. The second-order valence-electron chi connectivity index (χ2n) is 5.07. The van der Waals surface area contributed by atoms with Crippen molar-refractivity contribution in [2.45, 2.75) is 19.8 Å². The van der Waals surface area contributed by atoms with Crippen molar-refractivity contribution in [3.63, 3.8) is 0 Å². The first kappa shape index (κ1) is 17.1. The van der Waals surface area contributed by atoms with Gasteiger partial charge in [0.15, 0.2) is 0 Å². The number of rotatable bonds is 7. The lowest BCUT2D eigenvalue weighted by Crippen LogP contribution is -2.07. The summed E-state index contributed by atoms with van der Waals surface area (Å²) in [5.41, 5.74) is 1.59. The average Bonchev–Trinajstić information content (AvgIpc) is 2.56. The molecular formula is C19H20ClNO2. The molecule has 23 heavy (non-hydrogen) atoms. The summed E-state index contributed by atoms with van der Waals surface area (Å²) >= 11 is 5.82. The summed E-state index contributed by atoms with van der Waals surface area (Å²) < 4.78 is 5.74. The van der Waals surface area contributed by atoms with E-state index in [4.69, 9.17) is 16.3 Å². The maximum Gasteiger partial charge on any atom is 0.248 e. The minimum atomic E-state index is -0.198. The van der Waals surface area contributed by atoms with Crippen LogP contribution < -0.4 is 10.1 Å². The number of amides is 1. The number of halogens is 1. The third-order valence-electron chi connectivity index (χ3n) is 3.20. The number of hydrogen-bond donors (Lipinski definition) is 1. The maximum absolute atomic E-state index is 12.0. The van der Waals surface area contributed by atoms with Gasteiger partial charge in [0.1, 0.15) is 5.75 Å². The highest BCUT2D eigenvalue weighted by atomic mass is 35.5. The molecule has 3 nitrogen and oxygen atoms in total. The molecule has 0 atom stereocenters. The molecule has 2 aromatic rings. The van der Waals surface area contributed by atoms with Crippen LogP contribution in [0.3, 0.4) is 0 Å². The van der Waals surface area contributed by atoms with E-state index in [0.717, 1.165) is 24.2 Å². The van der Waals surface area contributed by atoms with Crippen molar-refractivity contribution in [3.05, 3.63) is 65.2 Å². The summed E-state index contributed by atoms with van der Waals surface area (Å²) in [6.07, 6.45) is 5.35. The van der Waals surface area contributed by atoms with Gasteiger partial charge in [-0.15, -0.1) is 0 Å². The summed E-state index contributed by atoms with van der Waals surface area (Å²) in [5.74, 6) is 0.590. The van der Waals surface area contributed by atoms with Crippen molar-refractivity contribution in [2.24, 2.45) is 0 Å². The molecule has 0 aliphatic carbocycles. The zero-order valence-corrected chi connectivity index (χ0v) is 13.8. The Kier molecular flexibility index (Phi) is 6.70. The SMILES string of the molecule is CCCCOc1ccccc1C=CC(=O)Nc1ccc(Cl)cc1. The molecular weight excluding hydrogens is 310 g/mol. The van der Waals surface area contributed by atoms with Gasteiger partial charge in [0.05, 0.1) is 6.61 Å². The van der Waals surface area contributed by atoms with Gasteiger partial charge in [-0.05, 0) is 42.8 Å². The molecule has 0 bridgehead atoms. The van der Waals surface area contributed by atoms with Crippen molar-refractivity contribution in [1.29, 1.82) is 0 Å². The van der Waals surface area contributed by atoms with Gasteiger partial charge in [-0.1, -0.05) is 43.1 Å². The number of hydrogen-bond acceptors (Lipinski definition) is 2. The fourth-order valence-electron chi connectivity index (χ4n) is 1.96. The van der Waals surface area contributed by atoms with Crippen LogP contribution in [-0.2, 0) is 4.79 Å². The highest BCUT2D eigenvalue weighted by molar-refractivity contribution is 6.30. The number of ether oxygens (including phenoxy) is 1. The van der Waals surface area contributed by atoms with Crippen molar-refractivity contribution in [3.8, 4) is 5.75 Å².